The molecule has 0 spiro atoms. The zero-order chi connectivity index (χ0) is 22.1. The fourth-order valence-corrected chi connectivity index (χ4v) is 5.42. The van der Waals surface area contributed by atoms with Gasteiger partial charge in [0.1, 0.15) is 13.3 Å². The summed E-state index contributed by atoms with van der Waals surface area (Å²) in [5.74, 6) is -1.47. The lowest BCUT2D eigenvalue weighted by molar-refractivity contribution is -0.117. The highest BCUT2D eigenvalue weighted by atomic mass is 35.5. The van der Waals surface area contributed by atoms with Crippen LogP contribution in [-0.2, 0) is 9.36 Å². The number of aromatic nitrogens is 4. The Kier molecular flexibility index (Phi) is 4.46. The molecule has 0 bridgehead atoms. The van der Waals surface area contributed by atoms with Gasteiger partial charge in [0, 0.05) is 23.2 Å². The smallest absolute Gasteiger partial charge is 0.231 e. The van der Waals surface area contributed by atoms with E-state index in [2.05, 4.69) is 20.6 Å². The van der Waals surface area contributed by atoms with E-state index in [0.717, 1.165) is 0 Å². The fourth-order valence-electron chi connectivity index (χ4n) is 3.75. The summed E-state index contributed by atoms with van der Waals surface area (Å²) in [4.78, 5) is 12.0. The molecule has 4 aromatic rings. The molecule has 0 saturated heterocycles. The molecule has 1 amide bonds. The van der Waals surface area contributed by atoms with E-state index in [-0.39, 0.29) is 16.7 Å². The highest BCUT2D eigenvalue weighted by Gasteiger charge is 2.43. The lowest BCUT2D eigenvalue weighted by atomic mass is 10.0. The van der Waals surface area contributed by atoms with Gasteiger partial charge in [-0.25, -0.2) is 13.3 Å². The van der Waals surface area contributed by atoms with Crippen LogP contribution in [0.25, 0.3) is 27.5 Å². The molecule has 2 atom stereocenters. The maximum atomic E-state index is 15.2. The monoisotopic (exact) mass is 463 g/mol. The van der Waals surface area contributed by atoms with E-state index in [1.54, 1.807) is 24.4 Å². The summed E-state index contributed by atoms with van der Waals surface area (Å²) in [6, 6.07) is 5.07. The molecule has 3 heterocycles. The van der Waals surface area contributed by atoms with E-state index in [9.17, 15) is 13.8 Å². The van der Waals surface area contributed by atoms with Gasteiger partial charge >= 0.3 is 0 Å². The van der Waals surface area contributed by atoms with Crippen LogP contribution in [0.15, 0.2) is 30.6 Å². The molecule has 0 unspecified atom stereocenters. The van der Waals surface area contributed by atoms with Gasteiger partial charge in [0.15, 0.2) is 11.6 Å². The molecule has 1 aromatic carbocycles. The molecule has 3 aromatic heterocycles. The van der Waals surface area contributed by atoms with Crippen molar-refractivity contribution in [2.75, 3.05) is 18.6 Å². The van der Waals surface area contributed by atoms with Crippen LogP contribution in [-0.4, -0.2) is 45.2 Å². The van der Waals surface area contributed by atoms with E-state index in [1.165, 1.54) is 24.0 Å². The number of carbonyl (C=O) groups is 1. The number of anilines is 1. The average molecular weight is 464 g/mol. The Morgan fingerprint density at radius 2 is 2.13 bits per heavy atom. The Morgan fingerprint density at radius 3 is 2.81 bits per heavy atom. The molecule has 2 N–H and O–H groups in total. The first-order chi connectivity index (χ1) is 14.6. The van der Waals surface area contributed by atoms with Crippen LogP contribution < -0.4 is 10.6 Å². The third-order valence-corrected chi connectivity index (χ3v) is 7.21. The highest BCUT2D eigenvalue weighted by molar-refractivity contribution is 7.70. The quantitative estimate of drug-likeness (QED) is 0.443. The van der Waals surface area contributed by atoms with Crippen molar-refractivity contribution in [2.45, 2.75) is 12.6 Å². The summed E-state index contributed by atoms with van der Waals surface area (Å²) >= 11 is 6.40. The topological polar surface area (TPSA) is 92.2 Å². The largest absolute Gasteiger partial charge is 0.319 e. The fraction of sp³-hybridized carbons (Fsp3) is 0.250. The molecule has 1 aliphatic rings. The van der Waals surface area contributed by atoms with Gasteiger partial charge in [-0.1, -0.05) is 11.6 Å². The number of hydrogen-bond acceptors (Lipinski definition) is 4. The summed E-state index contributed by atoms with van der Waals surface area (Å²) < 4.78 is 42.5. The van der Waals surface area contributed by atoms with Crippen LogP contribution in [0.2, 0.25) is 5.02 Å². The predicted octanol–water partition coefficient (Wildman–Crippen LogP) is 4.21. The van der Waals surface area contributed by atoms with Crippen molar-refractivity contribution in [1.82, 2.24) is 19.8 Å². The zero-order valence-corrected chi connectivity index (χ0v) is 18.1. The third kappa shape index (κ3) is 3.32. The number of nitrogens with zero attached hydrogens (tertiary/aromatic N) is 3. The number of halogens is 3. The lowest BCUT2D eigenvalue weighted by Gasteiger charge is -2.15. The van der Waals surface area contributed by atoms with Crippen LogP contribution in [0.5, 0.6) is 0 Å². The molecule has 31 heavy (non-hydrogen) atoms. The molecule has 11 heteroatoms. The van der Waals surface area contributed by atoms with Crippen molar-refractivity contribution >= 4 is 52.2 Å². The minimum atomic E-state index is -2.98. The van der Waals surface area contributed by atoms with Gasteiger partial charge in [0.05, 0.1) is 33.5 Å². The molecule has 5 rings (SSSR count). The van der Waals surface area contributed by atoms with Crippen LogP contribution >= 0.6 is 18.7 Å². The maximum Gasteiger partial charge on any atom is 0.231 e. The van der Waals surface area contributed by atoms with Crippen LogP contribution in [0, 0.1) is 11.7 Å². The minimum absolute atomic E-state index is 0.0374. The first kappa shape index (κ1) is 20.2. The summed E-state index contributed by atoms with van der Waals surface area (Å²) in [6.07, 6.45) is 2.30. The average Bonchev–Trinajstić information content (AvgIpc) is 3.07. The van der Waals surface area contributed by atoms with Crippen molar-refractivity contribution in [3.05, 3.63) is 41.4 Å². The van der Waals surface area contributed by atoms with Gasteiger partial charge in [0.2, 0.25) is 5.91 Å². The summed E-state index contributed by atoms with van der Waals surface area (Å²) in [5.41, 5.74) is 1.97. The summed E-state index contributed by atoms with van der Waals surface area (Å²) in [5, 5.41) is 14.1. The molecular weight excluding hydrogens is 447 g/mol. The lowest BCUT2D eigenvalue weighted by Crippen LogP contribution is -2.15. The van der Waals surface area contributed by atoms with Crippen molar-refractivity contribution in [3.8, 4) is 11.1 Å². The van der Waals surface area contributed by atoms with E-state index in [0.29, 0.717) is 33.4 Å². The molecule has 0 aliphatic heterocycles. The number of benzene rings is 1. The Balaban J connectivity index is 1.61. The SMILES string of the molecule is CP(C)(=O)c1c(F)c(Cl)c(-c2ccn3nc(NC(=O)[C@@H]4C[C@@H]4F)cc3c2)c2cn[nH]c12. The molecule has 7 nitrogen and oxygen atoms in total. The minimum Gasteiger partial charge on any atom is -0.319 e. The van der Waals surface area contributed by atoms with Crippen LogP contribution in [0.3, 0.4) is 0 Å². The Morgan fingerprint density at radius 1 is 1.39 bits per heavy atom. The van der Waals surface area contributed by atoms with E-state index >= 15 is 4.39 Å². The molecule has 160 valence electrons. The van der Waals surface area contributed by atoms with Crippen molar-refractivity contribution in [3.63, 3.8) is 0 Å². The number of pyridine rings is 1. The third-order valence-electron chi connectivity index (χ3n) is 5.36. The van der Waals surface area contributed by atoms with Gasteiger partial charge < -0.3 is 9.88 Å². The van der Waals surface area contributed by atoms with Gasteiger partial charge in [-0.05, 0) is 37.4 Å². The standard InChI is InChI=1S/C20H17ClF2N5O2P/c1-31(2,30)19-17(23)16(21)15(12-8-24-26-18(12)19)9-3-4-28-10(5-9)6-14(27-28)25-20(29)11-7-13(11)22/h3-6,8,11,13H,7H2,1-2H3,(H,24,26)(H,25,27,29)/t11-,13+/m1/s1. The number of hydrogen-bond donors (Lipinski definition) is 2. The van der Waals surface area contributed by atoms with Gasteiger partial charge in [-0.15, -0.1) is 0 Å². The zero-order valence-electron chi connectivity index (χ0n) is 16.5. The van der Waals surface area contributed by atoms with Crippen molar-refractivity contribution in [1.29, 1.82) is 0 Å². The van der Waals surface area contributed by atoms with Crippen LogP contribution in [0.4, 0.5) is 14.6 Å². The molecule has 1 fully saturated rings. The van der Waals surface area contributed by atoms with E-state index in [4.69, 9.17) is 11.6 Å². The van der Waals surface area contributed by atoms with E-state index in [1.807, 2.05) is 0 Å². The first-order valence-electron chi connectivity index (χ1n) is 9.49. The second kappa shape index (κ2) is 6.87. The molecule has 0 radical (unpaired) electrons. The number of amides is 1. The van der Waals surface area contributed by atoms with E-state index < -0.39 is 31.0 Å². The number of carbonyl (C=O) groups excluding carboxylic acids is 1. The van der Waals surface area contributed by atoms with Gasteiger partial charge in [-0.3, -0.25) is 9.89 Å². The number of fused-ring (bicyclic) bond motifs is 2. The predicted molar refractivity (Wildman–Crippen MR) is 116 cm³/mol. The summed E-state index contributed by atoms with van der Waals surface area (Å²) in [7, 11) is -2.98. The van der Waals surface area contributed by atoms with Gasteiger partial charge in [-0.2, -0.15) is 10.2 Å². The Hall–Kier alpha value is -2.77. The molecule has 1 aliphatic carbocycles. The first-order valence-corrected chi connectivity index (χ1v) is 12.5. The molecule has 1 saturated carbocycles. The number of aromatic amines is 1. The summed E-state index contributed by atoms with van der Waals surface area (Å²) in [6.45, 7) is 2.95. The number of H-pyrrole nitrogens is 1. The number of rotatable bonds is 4. The van der Waals surface area contributed by atoms with Crippen molar-refractivity contribution in [2.24, 2.45) is 5.92 Å². The number of nitrogens with one attached hydrogen (secondary N) is 2. The normalized spacial score (nSPS) is 18.6. The van der Waals surface area contributed by atoms with Crippen molar-refractivity contribution < 1.29 is 18.1 Å². The van der Waals surface area contributed by atoms with Gasteiger partial charge in [0.25, 0.3) is 0 Å². The second-order valence-electron chi connectivity index (χ2n) is 8.02. The Bertz CT molecular complexity index is 1430. The molecular formula is C20H17ClF2N5O2P. The number of alkyl halides is 1. The van der Waals surface area contributed by atoms with Crippen LogP contribution in [0.1, 0.15) is 6.42 Å². The highest BCUT2D eigenvalue weighted by Crippen LogP contribution is 2.44. The maximum absolute atomic E-state index is 15.2. The second-order valence-corrected chi connectivity index (χ2v) is 11.5. The Labute approximate surface area is 180 Å².